The predicted octanol–water partition coefficient (Wildman–Crippen LogP) is 2.05. The van der Waals surface area contributed by atoms with Crippen molar-refractivity contribution in [2.75, 3.05) is 11.2 Å². The molecular formula is C14H12N6. The summed E-state index contributed by atoms with van der Waals surface area (Å²) in [6.45, 7) is 0. The summed E-state index contributed by atoms with van der Waals surface area (Å²) in [6, 6.07) is 11.5. The molecule has 0 aliphatic carbocycles. The van der Waals surface area contributed by atoms with Crippen LogP contribution in [0.2, 0.25) is 0 Å². The minimum atomic E-state index is 0.432. The Kier molecular flexibility index (Phi) is 3.20. The third kappa shape index (κ3) is 2.39. The van der Waals surface area contributed by atoms with Gasteiger partial charge in [-0.05, 0) is 12.1 Å². The molecule has 3 rings (SSSR count). The number of nitrogen functional groups attached to an aromatic ring is 1. The van der Waals surface area contributed by atoms with Gasteiger partial charge in [-0.3, -0.25) is 5.43 Å². The highest BCUT2D eigenvalue weighted by atomic mass is 15.3. The van der Waals surface area contributed by atoms with E-state index in [2.05, 4.69) is 25.7 Å². The van der Waals surface area contributed by atoms with Gasteiger partial charge < -0.3 is 5.73 Å². The first-order valence-electron chi connectivity index (χ1n) is 6.04. The van der Waals surface area contributed by atoms with Gasteiger partial charge in [0.25, 0.3) is 0 Å². The van der Waals surface area contributed by atoms with Crippen molar-refractivity contribution in [1.29, 1.82) is 0 Å². The van der Waals surface area contributed by atoms with Gasteiger partial charge in [-0.1, -0.05) is 24.3 Å². The van der Waals surface area contributed by atoms with Crippen LogP contribution in [0.1, 0.15) is 5.56 Å². The van der Waals surface area contributed by atoms with Crippen LogP contribution >= 0.6 is 0 Å². The standard InChI is InChI=1S/C14H12N6/c15-13-11(5-3-7-16-13)9-18-20-14-12-6-2-1-4-10(12)8-17-19-14/h1-9H,(H2,15,16)(H,19,20). The van der Waals surface area contributed by atoms with Crippen molar-refractivity contribution < 1.29 is 0 Å². The van der Waals surface area contributed by atoms with Gasteiger partial charge in [0.2, 0.25) is 0 Å². The maximum absolute atomic E-state index is 5.73. The van der Waals surface area contributed by atoms with E-state index in [4.69, 9.17) is 5.73 Å². The fourth-order valence-corrected chi connectivity index (χ4v) is 1.81. The second-order valence-electron chi connectivity index (χ2n) is 4.13. The van der Waals surface area contributed by atoms with Crippen molar-refractivity contribution >= 4 is 28.6 Å². The highest BCUT2D eigenvalue weighted by Crippen LogP contribution is 2.18. The van der Waals surface area contributed by atoms with E-state index in [9.17, 15) is 0 Å². The van der Waals surface area contributed by atoms with Gasteiger partial charge in [0.15, 0.2) is 5.82 Å². The molecule has 1 aromatic carbocycles. The monoisotopic (exact) mass is 264 g/mol. The first kappa shape index (κ1) is 12.0. The molecule has 0 spiro atoms. The quantitative estimate of drug-likeness (QED) is 0.558. The number of rotatable bonds is 3. The van der Waals surface area contributed by atoms with E-state index in [0.29, 0.717) is 11.6 Å². The summed E-state index contributed by atoms with van der Waals surface area (Å²) in [7, 11) is 0. The zero-order valence-corrected chi connectivity index (χ0v) is 10.6. The Morgan fingerprint density at radius 1 is 1.15 bits per heavy atom. The fraction of sp³-hybridized carbons (Fsp3) is 0. The van der Waals surface area contributed by atoms with Crippen LogP contribution in [-0.4, -0.2) is 21.4 Å². The number of hydrazone groups is 1. The Hall–Kier alpha value is -3.02. The number of nitrogens with zero attached hydrogens (tertiary/aromatic N) is 4. The third-order valence-electron chi connectivity index (χ3n) is 2.82. The second kappa shape index (κ2) is 5.31. The molecule has 6 heteroatoms. The molecular weight excluding hydrogens is 252 g/mol. The van der Waals surface area contributed by atoms with E-state index >= 15 is 0 Å². The van der Waals surface area contributed by atoms with E-state index in [-0.39, 0.29) is 0 Å². The van der Waals surface area contributed by atoms with Gasteiger partial charge in [0.1, 0.15) is 5.82 Å². The molecule has 0 unspecified atom stereocenters. The van der Waals surface area contributed by atoms with Gasteiger partial charge in [-0.2, -0.15) is 10.2 Å². The minimum Gasteiger partial charge on any atom is -0.383 e. The lowest BCUT2D eigenvalue weighted by atomic mass is 10.2. The minimum absolute atomic E-state index is 0.432. The van der Waals surface area contributed by atoms with Crippen LogP contribution in [0.4, 0.5) is 11.6 Å². The molecule has 3 N–H and O–H groups in total. The smallest absolute Gasteiger partial charge is 0.176 e. The largest absolute Gasteiger partial charge is 0.383 e. The van der Waals surface area contributed by atoms with E-state index in [1.54, 1.807) is 24.7 Å². The van der Waals surface area contributed by atoms with Crippen LogP contribution in [0.25, 0.3) is 10.8 Å². The summed E-state index contributed by atoms with van der Waals surface area (Å²) >= 11 is 0. The molecule has 0 amide bonds. The zero-order chi connectivity index (χ0) is 13.8. The summed E-state index contributed by atoms with van der Waals surface area (Å²) in [4.78, 5) is 3.99. The van der Waals surface area contributed by atoms with Crippen LogP contribution in [0.15, 0.2) is 53.9 Å². The maximum atomic E-state index is 5.73. The normalized spacial score (nSPS) is 11.0. The molecule has 2 aromatic heterocycles. The van der Waals surface area contributed by atoms with Gasteiger partial charge in [-0.25, -0.2) is 4.98 Å². The molecule has 0 saturated heterocycles. The van der Waals surface area contributed by atoms with Crippen LogP contribution in [0.3, 0.4) is 0 Å². The van der Waals surface area contributed by atoms with Crippen LogP contribution in [-0.2, 0) is 0 Å². The number of hydrogen-bond donors (Lipinski definition) is 2. The number of aromatic nitrogens is 3. The highest BCUT2D eigenvalue weighted by Gasteiger charge is 2.01. The predicted molar refractivity (Wildman–Crippen MR) is 79.4 cm³/mol. The molecule has 0 radical (unpaired) electrons. The molecule has 0 aliphatic heterocycles. The molecule has 0 bridgehead atoms. The molecule has 6 nitrogen and oxygen atoms in total. The van der Waals surface area contributed by atoms with Crippen molar-refractivity contribution in [3.63, 3.8) is 0 Å². The maximum Gasteiger partial charge on any atom is 0.176 e. The van der Waals surface area contributed by atoms with Gasteiger partial charge in [0.05, 0.1) is 12.4 Å². The Bertz CT molecular complexity index is 763. The number of nitrogens with one attached hydrogen (secondary N) is 1. The Morgan fingerprint density at radius 2 is 2.05 bits per heavy atom. The summed E-state index contributed by atoms with van der Waals surface area (Å²) in [5, 5.41) is 14.1. The summed E-state index contributed by atoms with van der Waals surface area (Å²) in [6.07, 6.45) is 4.95. The van der Waals surface area contributed by atoms with Crippen molar-refractivity contribution in [3.8, 4) is 0 Å². The average molecular weight is 264 g/mol. The Morgan fingerprint density at radius 3 is 2.95 bits per heavy atom. The molecule has 0 aliphatic rings. The van der Waals surface area contributed by atoms with Crippen LogP contribution in [0, 0.1) is 0 Å². The lowest BCUT2D eigenvalue weighted by Crippen LogP contribution is -1.99. The van der Waals surface area contributed by atoms with Crippen LogP contribution < -0.4 is 11.2 Å². The highest BCUT2D eigenvalue weighted by molar-refractivity contribution is 5.91. The average Bonchev–Trinajstić information content (AvgIpc) is 2.49. The molecule has 3 aromatic rings. The SMILES string of the molecule is Nc1ncccc1C=NNc1nncc2ccccc12. The van der Waals surface area contributed by atoms with Crippen LogP contribution in [0.5, 0.6) is 0 Å². The van der Waals surface area contributed by atoms with Crippen molar-refractivity contribution in [3.05, 3.63) is 54.4 Å². The molecule has 2 heterocycles. The van der Waals surface area contributed by atoms with E-state index in [1.807, 2.05) is 30.3 Å². The molecule has 98 valence electrons. The fourth-order valence-electron chi connectivity index (χ4n) is 1.81. The summed E-state index contributed by atoms with van der Waals surface area (Å²) in [5.74, 6) is 1.03. The Labute approximate surface area is 115 Å². The first-order chi connectivity index (χ1) is 9.84. The van der Waals surface area contributed by atoms with Crippen molar-refractivity contribution in [2.24, 2.45) is 5.10 Å². The number of hydrogen-bond acceptors (Lipinski definition) is 6. The lowest BCUT2D eigenvalue weighted by Gasteiger charge is -2.03. The van der Waals surface area contributed by atoms with E-state index < -0.39 is 0 Å². The van der Waals surface area contributed by atoms with Crippen molar-refractivity contribution in [1.82, 2.24) is 15.2 Å². The second-order valence-corrected chi connectivity index (χ2v) is 4.13. The molecule has 0 fully saturated rings. The topological polar surface area (TPSA) is 89.1 Å². The third-order valence-corrected chi connectivity index (χ3v) is 2.82. The summed E-state index contributed by atoms with van der Waals surface area (Å²) < 4.78 is 0. The van der Waals surface area contributed by atoms with E-state index in [1.165, 1.54) is 0 Å². The van der Waals surface area contributed by atoms with Gasteiger partial charge >= 0.3 is 0 Å². The summed E-state index contributed by atoms with van der Waals surface area (Å²) in [5.41, 5.74) is 9.35. The first-order valence-corrected chi connectivity index (χ1v) is 6.04. The molecule has 0 saturated carbocycles. The van der Waals surface area contributed by atoms with E-state index in [0.717, 1.165) is 16.3 Å². The molecule has 20 heavy (non-hydrogen) atoms. The number of pyridine rings is 1. The zero-order valence-electron chi connectivity index (χ0n) is 10.6. The number of nitrogens with two attached hydrogens (primary N) is 1. The molecule has 0 atom stereocenters. The lowest BCUT2D eigenvalue weighted by molar-refractivity contribution is 1.04. The number of fused-ring (bicyclic) bond motifs is 1. The van der Waals surface area contributed by atoms with Crippen molar-refractivity contribution in [2.45, 2.75) is 0 Å². The number of benzene rings is 1. The number of anilines is 2. The Balaban J connectivity index is 1.86. The van der Waals surface area contributed by atoms with Gasteiger partial charge in [0, 0.05) is 22.5 Å². The van der Waals surface area contributed by atoms with Gasteiger partial charge in [-0.15, -0.1) is 5.10 Å².